The minimum absolute atomic E-state index is 0.00207. The van der Waals surface area contributed by atoms with E-state index in [1.54, 1.807) is 16.8 Å². The van der Waals surface area contributed by atoms with Crippen molar-refractivity contribution in [2.24, 2.45) is 5.92 Å². The number of rotatable bonds is 4. The molecule has 0 aliphatic heterocycles. The Labute approximate surface area is 122 Å². The van der Waals surface area contributed by atoms with Crippen molar-refractivity contribution in [1.82, 2.24) is 15.0 Å². The number of carbonyl (C=O) groups is 1. The predicted octanol–water partition coefficient (Wildman–Crippen LogP) is 2.42. The van der Waals surface area contributed by atoms with Gasteiger partial charge < -0.3 is 10.8 Å². The fourth-order valence-corrected chi connectivity index (χ4v) is 2.95. The van der Waals surface area contributed by atoms with Crippen molar-refractivity contribution in [2.45, 2.75) is 32.2 Å². The first kappa shape index (κ1) is 13.6. The second kappa shape index (κ2) is 5.55. The SMILES string of the molecule is Nc1ccc(-c2c(C(=O)O)nnn2CC2CCCC2)cc1. The molecule has 0 unspecified atom stereocenters. The smallest absolute Gasteiger partial charge is 0.358 e. The second-order valence-electron chi connectivity index (χ2n) is 5.55. The zero-order chi connectivity index (χ0) is 14.8. The highest BCUT2D eigenvalue weighted by Crippen LogP contribution is 2.29. The largest absolute Gasteiger partial charge is 0.476 e. The summed E-state index contributed by atoms with van der Waals surface area (Å²) in [5.41, 5.74) is 7.68. The number of benzene rings is 1. The van der Waals surface area contributed by atoms with E-state index < -0.39 is 5.97 Å². The van der Waals surface area contributed by atoms with Crippen LogP contribution < -0.4 is 5.73 Å². The van der Waals surface area contributed by atoms with Crippen molar-refractivity contribution in [1.29, 1.82) is 0 Å². The first-order valence-corrected chi connectivity index (χ1v) is 7.18. The van der Waals surface area contributed by atoms with Crippen LogP contribution >= 0.6 is 0 Å². The number of anilines is 1. The molecule has 1 aliphatic rings. The molecule has 1 aliphatic carbocycles. The lowest BCUT2D eigenvalue weighted by Gasteiger charge is -2.12. The van der Waals surface area contributed by atoms with Gasteiger partial charge in [-0.2, -0.15) is 0 Å². The topological polar surface area (TPSA) is 94.0 Å². The molecule has 3 rings (SSSR count). The zero-order valence-electron chi connectivity index (χ0n) is 11.7. The number of carboxylic acids is 1. The minimum atomic E-state index is -1.06. The van der Waals surface area contributed by atoms with Crippen LogP contribution in [0.15, 0.2) is 24.3 Å². The Morgan fingerprint density at radius 2 is 1.95 bits per heavy atom. The zero-order valence-corrected chi connectivity index (χ0v) is 11.7. The van der Waals surface area contributed by atoms with Gasteiger partial charge in [0.2, 0.25) is 0 Å². The van der Waals surface area contributed by atoms with Gasteiger partial charge in [-0.15, -0.1) is 5.10 Å². The molecule has 110 valence electrons. The third kappa shape index (κ3) is 2.74. The van der Waals surface area contributed by atoms with Gasteiger partial charge in [0.25, 0.3) is 0 Å². The number of nitrogens with zero attached hydrogens (tertiary/aromatic N) is 3. The normalized spacial score (nSPS) is 15.4. The molecule has 0 spiro atoms. The summed E-state index contributed by atoms with van der Waals surface area (Å²) in [5, 5.41) is 17.2. The van der Waals surface area contributed by atoms with E-state index >= 15 is 0 Å². The molecule has 1 saturated carbocycles. The van der Waals surface area contributed by atoms with Gasteiger partial charge >= 0.3 is 5.97 Å². The van der Waals surface area contributed by atoms with Crippen molar-refractivity contribution in [3.63, 3.8) is 0 Å². The fourth-order valence-electron chi connectivity index (χ4n) is 2.95. The van der Waals surface area contributed by atoms with Gasteiger partial charge in [-0.05, 0) is 30.9 Å². The maximum absolute atomic E-state index is 11.4. The Morgan fingerprint density at radius 1 is 1.29 bits per heavy atom. The van der Waals surface area contributed by atoms with E-state index in [0.717, 1.165) is 12.1 Å². The molecule has 0 atom stereocenters. The summed E-state index contributed by atoms with van der Waals surface area (Å²) >= 11 is 0. The van der Waals surface area contributed by atoms with Gasteiger partial charge in [-0.1, -0.05) is 30.2 Å². The van der Waals surface area contributed by atoms with Crippen LogP contribution in [0, 0.1) is 5.92 Å². The summed E-state index contributed by atoms with van der Waals surface area (Å²) in [6.07, 6.45) is 4.82. The monoisotopic (exact) mass is 286 g/mol. The summed E-state index contributed by atoms with van der Waals surface area (Å²) in [6, 6.07) is 7.14. The Kier molecular flexibility index (Phi) is 3.60. The summed E-state index contributed by atoms with van der Waals surface area (Å²) in [4.78, 5) is 11.4. The highest BCUT2D eigenvalue weighted by molar-refractivity contribution is 5.92. The van der Waals surface area contributed by atoms with Crippen LogP contribution in [0.2, 0.25) is 0 Å². The first-order chi connectivity index (χ1) is 10.1. The third-order valence-corrected chi connectivity index (χ3v) is 4.03. The fraction of sp³-hybridized carbons (Fsp3) is 0.400. The predicted molar refractivity (Wildman–Crippen MR) is 78.8 cm³/mol. The van der Waals surface area contributed by atoms with E-state index in [1.165, 1.54) is 25.7 Å². The lowest BCUT2D eigenvalue weighted by Crippen LogP contribution is -2.11. The molecule has 1 heterocycles. The van der Waals surface area contributed by atoms with Crippen LogP contribution in [-0.2, 0) is 6.54 Å². The van der Waals surface area contributed by atoms with Crippen molar-refractivity contribution < 1.29 is 9.90 Å². The van der Waals surface area contributed by atoms with Crippen LogP contribution in [0.1, 0.15) is 36.2 Å². The maximum Gasteiger partial charge on any atom is 0.358 e. The van der Waals surface area contributed by atoms with E-state index in [4.69, 9.17) is 5.73 Å². The average molecular weight is 286 g/mol. The van der Waals surface area contributed by atoms with Gasteiger partial charge in [-0.25, -0.2) is 9.48 Å². The maximum atomic E-state index is 11.4. The molecule has 1 aromatic heterocycles. The second-order valence-corrected chi connectivity index (χ2v) is 5.55. The summed E-state index contributed by atoms with van der Waals surface area (Å²) in [6.45, 7) is 0.722. The van der Waals surface area contributed by atoms with E-state index in [-0.39, 0.29) is 5.69 Å². The van der Waals surface area contributed by atoms with Crippen LogP contribution in [0.4, 0.5) is 5.69 Å². The Bertz CT molecular complexity index is 642. The number of carboxylic acid groups (broad SMARTS) is 1. The number of hydrogen-bond acceptors (Lipinski definition) is 4. The Hall–Kier alpha value is -2.37. The molecular weight excluding hydrogens is 268 g/mol. The van der Waals surface area contributed by atoms with E-state index in [0.29, 0.717) is 17.3 Å². The lowest BCUT2D eigenvalue weighted by atomic mass is 10.1. The van der Waals surface area contributed by atoms with Crippen molar-refractivity contribution >= 4 is 11.7 Å². The van der Waals surface area contributed by atoms with Crippen molar-refractivity contribution in [3.05, 3.63) is 30.0 Å². The van der Waals surface area contributed by atoms with Gasteiger partial charge in [0.1, 0.15) is 5.69 Å². The molecule has 1 fully saturated rings. The van der Waals surface area contributed by atoms with Crippen LogP contribution in [0.25, 0.3) is 11.3 Å². The molecule has 21 heavy (non-hydrogen) atoms. The molecular formula is C15H18N4O2. The Morgan fingerprint density at radius 3 is 2.57 bits per heavy atom. The molecule has 0 saturated heterocycles. The number of aromatic carboxylic acids is 1. The van der Waals surface area contributed by atoms with Gasteiger partial charge in [0.15, 0.2) is 5.69 Å². The van der Waals surface area contributed by atoms with Crippen LogP contribution in [0.3, 0.4) is 0 Å². The number of aromatic nitrogens is 3. The van der Waals surface area contributed by atoms with Gasteiger partial charge in [-0.3, -0.25) is 0 Å². The molecule has 6 heteroatoms. The minimum Gasteiger partial charge on any atom is -0.476 e. The number of nitrogen functional groups attached to an aromatic ring is 1. The van der Waals surface area contributed by atoms with Gasteiger partial charge in [0.05, 0.1) is 0 Å². The van der Waals surface area contributed by atoms with Crippen molar-refractivity contribution in [3.8, 4) is 11.3 Å². The van der Waals surface area contributed by atoms with Gasteiger partial charge in [0, 0.05) is 17.8 Å². The first-order valence-electron chi connectivity index (χ1n) is 7.18. The third-order valence-electron chi connectivity index (χ3n) is 4.03. The summed E-state index contributed by atoms with van der Waals surface area (Å²) in [7, 11) is 0. The standard InChI is InChI=1S/C15H18N4O2/c16-12-7-5-11(6-8-12)14-13(15(20)21)17-18-19(14)9-10-3-1-2-4-10/h5-8,10H,1-4,9,16H2,(H,20,21). The molecule has 3 N–H and O–H groups in total. The lowest BCUT2D eigenvalue weighted by molar-refractivity contribution is 0.0691. The molecule has 1 aromatic carbocycles. The highest BCUT2D eigenvalue weighted by Gasteiger charge is 2.23. The number of hydrogen-bond donors (Lipinski definition) is 2. The Balaban J connectivity index is 2.00. The summed E-state index contributed by atoms with van der Waals surface area (Å²) in [5.74, 6) is -0.500. The quantitative estimate of drug-likeness (QED) is 0.842. The van der Waals surface area contributed by atoms with E-state index in [9.17, 15) is 9.90 Å². The molecule has 0 amide bonds. The van der Waals surface area contributed by atoms with E-state index in [2.05, 4.69) is 10.3 Å². The highest BCUT2D eigenvalue weighted by atomic mass is 16.4. The average Bonchev–Trinajstić information content (AvgIpc) is 3.10. The molecule has 0 bridgehead atoms. The molecule has 6 nitrogen and oxygen atoms in total. The van der Waals surface area contributed by atoms with Crippen LogP contribution in [-0.4, -0.2) is 26.1 Å². The number of nitrogens with two attached hydrogens (primary N) is 1. The van der Waals surface area contributed by atoms with Crippen molar-refractivity contribution in [2.75, 3.05) is 5.73 Å². The van der Waals surface area contributed by atoms with Crippen LogP contribution in [0.5, 0.6) is 0 Å². The molecule has 0 radical (unpaired) electrons. The summed E-state index contributed by atoms with van der Waals surface area (Å²) < 4.78 is 1.73. The van der Waals surface area contributed by atoms with E-state index in [1.807, 2.05) is 12.1 Å². The molecule has 2 aromatic rings.